The van der Waals surface area contributed by atoms with Crippen molar-refractivity contribution in [3.8, 4) is 16.9 Å². The summed E-state index contributed by atoms with van der Waals surface area (Å²) in [4.78, 5) is 28.7. The van der Waals surface area contributed by atoms with Gasteiger partial charge in [0.05, 0.1) is 18.5 Å². The summed E-state index contributed by atoms with van der Waals surface area (Å²) in [5.74, 6) is 0.739. The molecule has 6 heteroatoms. The van der Waals surface area contributed by atoms with Crippen LogP contribution in [0.5, 0.6) is 5.75 Å². The SMILES string of the molecule is O=c1c2c(-c3ccc(OCc4ccccc4)cc3)cn(Cc3ccccc3)c2n(Cc2ccccc2)c(=O)n1Cc1ccccc1. The quantitative estimate of drug-likeness (QED) is 0.164. The molecule has 0 spiro atoms. The van der Waals surface area contributed by atoms with Crippen LogP contribution in [0.4, 0.5) is 0 Å². The highest BCUT2D eigenvalue weighted by Gasteiger charge is 2.22. The third-order valence-corrected chi connectivity index (χ3v) is 8.20. The van der Waals surface area contributed by atoms with E-state index in [1.807, 2.05) is 144 Å². The molecule has 0 N–H and O–H groups in total. The highest BCUT2D eigenvalue weighted by molar-refractivity contribution is 5.94. The van der Waals surface area contributed by atoms with Crippen LogP contribution in [0, 0.1) is 0 Å². The molecular weight excluding hydrogens is 570 g/mol. The zero-order valence-electron chi connectivity index (χ0n) is 25.3. The summed E-state index contributed by atoms with van der Waals surface area (Å²) < 4.78 is 11.2. The average Bonchev–Trinajstić information content (AvgIpc) is 3.48. The number of fused-ring (bicyclic) bond motifs is 1. The van der Waals surface area contributed by atoms with Crippen LogP contribution in [0.2, 0.25) is 0 Å². The van der Waals surface area contributed by atoms with Crippen LogP contribution in [-0.4, -0.2) is 13.7 Å². The molecule has 0 saturated carbocycles. The Balaban J connectivity index is 1.40. The summed E-state index contributed by atoms with van der Waals surface area (Å²) in [7, 11) is 0. The third kappa shape index (κ3) is 6.06. The summed E-state index contributed by atoms with van der Waals surface area (Å²) in [5.41, 5.74) is 5.63. The van der Waals surface area contributed by atoms with Crippen LogP contribution in [0.15, 0.2) is 161 Å². The number of hydrogen-bond donors (Lipinski definition) is 0. The number of rotatable bonds is 10. The molecule has 0 radical (unpaired) electrons. The summed E-state index contributed by atoms with van der Waals surface area (Å²) >= 11 is 0. The first-order chi connectivity index (χ1) is 22.6. The summed E-state index contributed by atoms with van der Waals surface area (Å²) in [6.07, 6.45) is 2.01. The number of aromatic nitrogens is 3. The molecule has 0 aliphatic carbocycles. The molecule has 6 nitrogen and oxygen atoms in total. The zero-order chi connectivity index (χ0) is 31.3. The topological polar surface area (TPSA) is 58.2 Å². The Bertz CT molecular complexity index is 2190. The fourth-order valence-corrected chi connectivity index (χ4v) is 5.91. The van der Waals surface area contributed by atoms with Gasteiger partial charge in [0.1, 0.15) is 18.0 Å². The largest absolute Gasteiger partial charge is 0.489 e. The second-order valence-corrected chi connectivity index (χ2v) is 11.4. The number of ether oxygens (including phenoxy) is 1. The smallest absolute Gasteiger partial charge is 0.333 e. The van der Waals surface area contributed by atoms with E-state index in [1.54, 1.807) is 4.57 Å². The summed E-state index contributed by atoms with van der Waals surface area (Å²) in [6, 6.07) is 47.5. The van der Waals surface area contributed by atoms with E-state index in [-0.39, 0.29) is 17.8 Å². The van der Waals surface area contributed by atoms with Gasteiger partial charge < -0.3 is 9.30 Å². The lowest BCUT2D eigenvalue weighted by atomic mass is 10.1. The minimum Gasteiger partial charge on any atom is -0.489 e. The van der Waals surface area contributed by atoms with Gasteiger partial charge in [0.25, 0.3) is 5.56 Å². The minimum atomic E-state index is -0.339. The summed E-state index contributed by atoms with van der Waals surface area (Å²) in [6.45, 7) is 1.48. The van der Waals surface area contributed by atoms with Gasteiger partial charge in [-0.15, -0.1) is 0 Å². The third-order valence-electron chi connectivity index (χ3n) is 8.20. The van der Waals surface area contributed by atoms with E-state index in [1.165, 1.54) is 4.57 Å². The average molecular weight is 604 g/mol. The first kappa shape index (κ1) is 28.9. The second kappa shape index (κ2) is 13.0. The maximum atomic E-state index is 14.5. The molecule has 0 atom stereocenters. The van der Waals surface area contributed by atoms with Crippen molar-refractivity contribution < 1.29 is 4.74 Å². The predicted octanol–water partition coefficient (Wildman–Crippen LogP) is 7.36. The molecule has 5 aromatic carbocycles. The number of nitrogens with zero attached hydrogens (tertiary/aromatic N) is 3. The predicted molar refractivity (Wildman–Crippen MR) is 183 cm³/mol. The highest BCUT2D eigenvalue weighted by Crippen LogP contribution is 2.31. The molecule has 7 aromatic rings. The molecule has 0 unspecified atom stereocenters. The van der Waals surface area contributed by atoms with E-state index in [9.17, 15) is 9.59 Å². The monoisotopic (exact) mass is 603 g/mol. The molecule has 0 aliphatic rings. The van der Waals surface area contributed by atoms with Crippen molar-refractivity contribution in [2.45, 2.75) is 26.2 Å². The molecule has 0 amide bonds. The van der Waals surface area contributed by atoms with Gasteiger partial charge in [-0.1, -0.05) is 133 Å². The summed E-state index contributed by atoms with van der Waals surface area (Å²) in [5, 5.41) is 0.514. The van der Waals surface area contributed by atoms with Crippen LogP contribution in [0.25, 0.3) is 22.2 Å². The Morgan fingerprint density at radius 2 is 0.978 bits per heavy atom. The highest BCUT2D eigenvalue weighted by atomic mass is 16.5. The lowest BCUT2D eigenvalue weighted by Crippen LogP contribution is -2.41. The Kier molecular flexibility index (Phi) is 8.16. The van der Waals surface area contributed by atoms with Crippen molar-refractivity contribution >= 4 is 11.0 Å². The Labute approximate surface area is 267 Å². The van der Waals surface area contributed by atoms with Gasteiger partial charge in [-0.2, -0.15) is 0 Å². The van der Waals surface area contributed by atoms with Crippen LogP contribution in [0.3, 0.4) is 0 Å². The Morgan fingerprint density at radius 1 is 0.500 bits per heavy atom. The molecule has 46 heavy (non-hydrogen) atoms. The molecule has 2 aromatic heterocycles. The Morgan fingerprint density at radius 3 is 1.52 bits per heavy atom. The van der Waals surface area contributed by atoms with Gasteiger partial charge in [0.2, 0.25) is 0 Å². The van der Waals surface area contributed by atoms with Gasteiger partial charge in [-0.05, 0) is 39.9 Å². The van der Waals surface area contributed by atoms with Gasteiger partial charge in [-0.3, -0.25) is 13.9 Å². The van der Waals surface area contributed by atoms with E-state index in [0.717, 1.165) is 39.1 Å². The Hall–Kier alpha value is -5.88. The first-order valence-corrected chi connectivity index (χ1v) is 15.4. The second-order valence-electron chi connectivity index (χ2n) is 11.4. The maximum Gasteiger partial charge on any atom is 0.333 e. The minimum absolute atomic E-state index is 0.179. The fraction of sp³-hybridized carbons (Fsp3) is 0.100. The van der Waals surface area contributed by atoms with E-state index < -0.39 is 0 Å². The normalized spacial score (nSPS) is 11.1. The lowest BCUT2D eigenvalue weighted by molar-refractivity contribution is 0.306. The van der Waals surface area contributed by atoms with Crippen molar-refractivity contribution in [2.75, 3.05) is 0 Å². The zero-order valence-corrected chi connectivity index (χ0v) is 25.3. The van der Waals surface area contributed by atoms with Crippen molar-refractivity contribution in [1.29, 1.82) is 0 Å². The molecule has 2 heterocycles. The first-order valence-electron chi connectivity index (χ1n) is 15.4. The van der Waals surface area contributed by atoms with Crippen LogP contribution in [-0.2, 0) is 26.2 Å². The fourth-order valence-electron chi connectivity index (χ4n) is 5.91. The van der Waals surface area contributed by atoms with Gasteiger partial charge >= 0.3 is 5.69 Å². The van der Waals surface area contributed by atoms with E-state index in [0.29, 0.717) is 30.7 Å². The van der Waals surface area contributed by atoms with Gasteiger partial charge in [0.15, 0.2) is 0 Å². The van der Waals surface area contributed by atoms with Crippen molar-refractivity contribution in [2.24, 2.45) is 0 Å². The number of hydrogen-bond acceptors (Lipinski definition) is 3. The molecule has 226 valence electrons. The molecule has 0 fully saturated rings. The van der Waals surface area contributed by atoms with Gasteiger partial charge in [-0.25, -0.2) is 4.79 Å². The maximum absolute atomic E-state index is 14.5. The molecular formula is C40H33N3O3. The van der Waals surface area contributed by atoms with E-state index in [4.69, 9.17) is 4.74 Å². The van der Waals surface area contributed by atoms with Crippen LogP contribution < -0.4 is 16.0 Å². The van der Waals surface area contributed by atoms with Crippen LogP contribution >= 0.6 is 0 Å². The molecule has 0 saturated heterocycles. The van der Waals surface area contributed by atoms with Crippen molar-refractivity contribution in [1.82, 2.24) is 13.7 Å². The molecule has 0 bridgehead atoms. The lowest BCUT2D eigenvalue weighted by Gasteiger charge is -2.16. The van der Waals surface area contributed by atoms with Gasteiger partial charge in [0, 0.05) is 18.3 Å². The van der Waals surface area contributed by atoms with Crippen molar-refractivity contribution in [3.63, 3.8) is 0 Å². The van der Waals surface area contributed by atoms with Crippen LogP contribution in [0.1, 0.15) is 22.3 Å². The van der Waals surface area contributed by atoms with Crippen molar-refractivity contribution in [3.05, 3.63) is 195 Å². The molecule has 0 aliphatic heterocycles. The standard InChI is InChI=1S/C40H33N3O3/c44-39-37-36(34-21-23-35(24-22-34)46-29-33-19-11-4-12-20-33)28-41(25-30-13-5-1-6-14-30)38(37)42(26-31-15-7-2-8-16-31)40(45)43(39)27-32-17-9-3-10-18-32/h1-24,28H,25-27,29H2. The van der Waals surface area contributed by atoms with E-state index in [2.05, 4.69) is 12.1 Å². The van der Waals surface area contributed by atoms with E-state index >= 15 is 0 Å². The number of benzene rings is 5. The molecule has 7 rings (SSSR count).